The van der Waals surface area contributed by atoms with Crippen LogP contribution in [0.3, 0.4) is 0 Å². The smallest absolute Gasteiger partial charge is 0.136 e. The fraction of sp³-hybridized carbons (Fsp3) is 0.0508. The second kappa shape index (κ2) is 12.3. The molecular formula is C59H38O. The number of rotatable bonds is 3. The first kappa shape index (κ1) is 33.5. The van der Waals surface area contributed by atoms with Gasteiger partial charge < -0.3 is 4.42 Å². The van der Waals surface area contributed by atoms with Crippen molar-refractivity contribution < 1.29 is 4.42 Å². The Morgan fingerprint density at radius 3 is 1.58 bits per heavy atom. The van der Waals surface area contributed by atoms with E-state index >= 15 is 0 Å². The number of fused-ring (bicyclic) bond motifs is 13. The predicted octanol–water partition coefficient (Wildman–Crippen LogP) is 16.7. The molecule has 0 unspecified atom stereocenters. The van der Waals surface area contributed by atoms with Gasteiger partial charge in [-0.15, -0.1) is 0 Å². The summed E-state index contributed by atoms with van der Waals surface area (Å²) in [5.41, 5.74) is 14.5. The van der Waals surface area contributed by atoms with Gasteiger partial charge in [0.25, 0.3) is 0 Å². The minimum absolute atomic E-state index is 0.0898. The monoisotopic (exact) mass is 762 g/mol. The van der Waals surface area contributed by atoms with Crippen LogP contribution < -0.4 is 0 Å². The molecule has 0 fully saturated rings. The van der Waals surface area contributed by atoms with Gasteiger partial charge in [0.2, 0.25) is 0 Å². The van der Waals surface area contributed by atoms with Crippen molar-refractivity contribution in [1.29, 1.82) is 0 Å². The number of hydrogen-bond donors (Lipinski definition) is 0. The summed E-state index contributed by atoms with van der Waals surface area (Å²) in [6, 6.07) is 71.8. The van der Waals surface area contributed by atoms with Crippen molar-refractivity contribution in [2.45, 2.75) is 19.3 Å². The van der Waals surface area contributed by atoms with E-state index in [9.17, 15) is 0 Å². The third-order valence-electron chi connectivity index (χ3n) is 13.6. The topological polar surface area (TPSA) is 13.1 Å². The van der Waals surface area contributed by atoms with Crippen LogP contribution in [0.15, 0.2) is 199 Å². The average Bonchev–Trinajstić information content (AvgIpc) is 3.79. The van der Waals surface area contributed by atoms with Crippen LogP contribution >= 0.6 is 0 Å². The highest BCUT2D eigenvalue weighted by Crippen LogP contribution is 2.54. The molecule has 11 aromatic carbocycles. The van der Waals surface area contributed by atoms with Crippen molar-refractivity contribution in [2.75, 3.05) is 0 Å². The summed E-state index contributed by atoms with van der Waals surface area (Å²) in [6.07, 6.45) is 0. The molecule has 12 aromatic rings. The summed E-state index contributed by atoms with van der Waals surface area (Å²) in [4.78, 5) is 0. The Hall–Kier alpha value is -7.48. The van der Waals surface area contributed by atoms with Crippen LogP contribution in [0, 0.1) is 0 Å². The molecule has 0 spiro atoms. The van der Waals surface area contributed by atoms with Gasteiger partial charge in [0.15, 0.2) is 0 Å². The van der Waals surface area contributed by atoms with E-state index in [4.69, 9.17) is 4.42 Å². The Labute approximate surface area is 347 Å². The molecule has 1 heterocycles. The van der Waals surface area contributed by atoms with Crippen LogP contribution in [0.2, 0.25) is 0 Å². The molecule has 13 rings (SSSR count). The first-order valence-corrected chi connectivity index (χ1v) is 21.0. The lowest BCUT2D eigenvalue weighted by Crippen LogP contribution is -2.14. The Morgan fingerprint density at radius 2 is 0.867 bits per heavy atom. The maximum atomic E-state index is 6.90. The standard InChI is InChI=1S/C59H38O/c1-59(2)50-26-14-13-25-48(50)56-51(59)31-32-52-58(56)57-42-20-8-7-19-40(42)49(34-53(57)60-52)41-29-30-47(39-18-6-5-17-38(39)41)55-45-23-11-9-21-43(45)54(44-22-10-12-24-46(44)55)37-28-27-35-15-3-4-16-36(35)33-37/h3-34H,1-2H3. The average molecular weight is 763 g/mol. The van der Waals surface area contributed by atoms with E-state index in [1.807, 2.05) is 0 Å². The molecule has 0 saturated heterocycles. The summed E-state index contributed by atoms with van der Waals surface area (Å²) in [5, 5.41) is 14.8. The fourth-order valence-corrected chi connectivity index (χ4v) is 11.0. The van der Waals surface area contributed by atoms with Crippen LogP contribution in [-0.2, 0) is 5.41 Å². The minimum atomic E-state index is -0.0898. The fourth-order valence-electron chi connectivity index (χ4n) is 11.0. The number of hydrogen-bond acceptors (Lipinski definition) is 1. The molecule has 0 amide bonds. The Balaban J connectivity index is 1.07. The number of furan rings is 1. The van der Waals surface area contributed by atoms with Gasteiger partial charge in [-0.05, 0) is 128 Å². The molecule has 60 heavy (non-hydrogen) atoms. The molecule has 1 aliphatic carbocycles. The van der Waals surface area contributed by atoms with E-state index in [0.29, 0.717) is 0 Å². The molecule has 1 aromatic heterocycles. The molecule has 0 atom stereocenters. The van der Waals surface area contributed by atoms with Crippen LogP contribution in [0.4, 0.5) is 0 Å². The zero-order valence-corrected chi connectivity index (χ0v) is 33.4. The first-order valence-electron chi connectivity index (χ1n) is 21.0. The maximum absolute atomic E-state index is 6.90. The summed E-state index contributed by atoms with van der Waals surface area (Å²) in [5.74, 6) is 0. The third kappa shape index (κ3) is 4.52. The predicted molar refractivity (Wildman–Crippen MR) is 255 cm³/mol. The van der Waals surface area contributed by atoms with Crippen molar-refractivity contribution in [3.8, 4) is 44.5 Å². The summed E-state index contributed by atoms with van der Waals surface area (Å²) in [7, 11) is 0. The maximum Gasteiger partial charge on any atom is 0.136 e. The molecule has 1 aliphatic rings. The van der Waals surface area contributed by atoms with Gasteiger partial charge in [-0.3, -0.25) is 0 Å². The van der Waals surface area contributed by atoms with E-state index in [0.717, 1.165) is 11.2 Å². The summed E-state index contributed by atoms with van der Waals surface area (Å²) in [6.45, 7) is 4.70. The van der Waals surface area contributed by atoms with E-state index in [-0.39, 0.29) is 5.41 Å². The lowest BCUT2D eigenvalue weighted by molar-refractivity contribution is 0.656. The Bertz CT molecular complexity index is 3750. The van der Waals surface area contributed by atoms with Crippen molar-refractivity contribution in [3.63, 3.8) is 0 Å². The highest BCUT2D eigenvalue weighted by Gasteiger charge is 2.37. The summed E-state index contributed by atoms with van der Waals surface area (Å²) >= 11 is 0. The third-order valence-corrected chi connectivity index (χ3v) is 13.6. The summed E-state index contributed by atoms with van der Waals surface area (Å²) < 4.78 is 6.90. The van der Waals surface area contributed by atoms with Gasteiger partial charge in [-0.25, -0.2) is 0 Å². The molecule has 0 bridgehead atoms. The van der Waals surface area contributed by atoms with Crippen LogP contribution in [0.5, 0.6) is 0 Å². The van der Waals surface area contributed by atoms with Gasteiger partial charge in [-0.2, -0.15) is 0 Å². The normalized spacial score (nSPS) is 13.3. The van der Waals surface area contributed by atoms with E-state index in [1.54, 1.807) is 0 Å². The van der Waals surface area contributed by atoms with E-state index in [2.05, 4.69) is 208 Å². The molecule has 1 nitrogen and oxygen atoms in total. The SMILES string of the molecule is CC1(C)c2ccccc2-c2c1ccc1oc3cc(-c4ccc(-c5c6ccccc6c(-c6ccc7ccccc7c6)c6ccccc56)c5ccccc45)c4ccccc4c3c21. The van der Waals surface area contributed by atoms with Crippen molar-refractivity contribution >= 4 is 75.8 Å². The Morgan fingerprint density at radius 1 is 0.317 bits per heavy atom. The van der Waals surface area contributed by atoms with Gasteiger partial charge >= 0.3 is 0 Å². The highest BCUT2D eigenvalue weighted by atomic mass is 16.3. The molecule has 0 aliphatic heterocycles. The quantitative estimate of drug-likeness (QED) is 0.163. The van der Waals surface area contributed by atoms with Gasteiger partial charge in [0, 0.05) is 16.2 Å². The molecule has 0 saturated carbocycles. The van der Waals surface area contributed by atoms with Gasteiger partial charge in [0.05, 0.1) is 0 Å². The second-order valence-electron chi connectivity index (χ2n) is 17.1. The van der Waals surface area contributed by atoms with Gasteiger partial charge in [-0.1, -0.05) is 190 Å². The molecule has 1 heteroatoms. The molecular weight excluding hydrogens is 725 g/mol. The minimum Gasteiger partial charge on any atom is -0.456 e. The second-order valence-corrected chi connectivity index (χ2v) is 17.1. The molecule has 0 radical (unpaired) electrons. The largest absolute Gasteiger partial charge is 0.456 e. The first-order chi connectivity index (χ1) is 29.5. The van der Waals surface area contributed by atoms with Gasteiger partial charge in [0.1, 0.15) is 11.2 Å². The molecule has 280 valence electrons. The lowest BCUT2D eigenvalue weighted by Gasteiger charge is -2.21. The Kier molecular flexibility index (Phi) is 6.85. The van der Waals surface area contributed by atoms with Crippen molar-refractivity contribution in [3.05, 3.63) is 205 Å². The van der Waals surface area contributed by atoms with E-state index < -0.39 is 0 Å². The highest BCUT2D eigenvalue weighted by molar-refractivity contribution is 6.28. The van der Waals surface area contributed by atoms with Crippen LogP contribution in [-0.4, -0.2) is 0 Å². The molecule has 0 N–H and O–H groups in total. The lowest BCUT2D eigenvalue weighted by atomic mass is 9.82. The zero-order chi connectivity index (χ0) is 39.7. The van der Waals surface area contributed by atoms with Crippen molar-refractivity contribution in [1.82, 2.24) is 0 Å². The van der Waals surface area contributed by atoms with Crippen LogP contribution in [0.1, 0.15) is 25.0 Å². The van der Waals surface area contributed by atoms with E-state index in [1.165, 1.54) is 120 Å². The zero-order valence-electron chi connectivity index (χ0n) is 33.4. The van der Waals surface area contributed by atoms with Crippen molar-refractivity contribution in [2.24, 2.45) is 0 Å². The number of benzene rings is 11. The van der Waals surface area contributed by atoms with Crippen LogP contribution in [0.25, 0.3) is 120 Å².